The molecular formula is C20H18N4O4S. The van der Waals surface area contributed by atoms with Gasteiger partial charge in [0.25, 0.3) is 5.91 Å². The van der Waals surface area contributed by atoms with E-state index in [0.29, 0.717) is 5.17 Å². The number of fused-ring (bicyclic) bond motifs is 2. The summed E-state index contributed by atoms with van der Waals surface area (Å²) in [6.07, 6.45) is 4.31. The van der Waals surface area contributed by atoms with Crippen molar-refractivity contribution in [1.82, 2.24) is 5.01 Å². The summed E-state index contributed by atoms with van der Waals surface area (Å²) in [5.41, 5.74) is -0.0516. The topological polar surface area (TPSA) is 119 Å². The molecule has 148 valence electrons. The first-order valence-electron chi connectivity index (χ1n) is 9.17. The van der Waals surface area contributed by atoms with Crippen LogP contribution >= 0.6 is 11.8 Å². The first kappa shape index (κ1) is 19.1. The number of nitrogens with one attached hydrogen (secondary N) is 1. The van der Waals surface area contributed by atoms with Crippen molar-refractivity contribution in [1.29, 1.82) is 5.41 Å². The van der Waals surface area contributed by atoms with Crippen LogP contribution in [0.25, 0.3) is 17.0 Å². The number of amidine groups is 2. The quantitative estimate of drug-likeness (QED) is 0.744. The highest BCUT2D eigenvalue weighted by Gasteiger charge is 2.37. The van der Waals surface area contributed by atoms with Gasteiger partial charge in [-0.15, -0.1) is 0 Å². The maximum Gasteiger partial charge on any atom is 0.283 e. The summed E-state index contributed by atoms with van der Waals surface area (Å²) in [5, 5.41) is 25.2. The van der Waals surface area contributed by atoms with Gasteiger partial charge in [-0.1, -0.05) is 13.8 Å². The predicted octanol–water partition coefficient (Wildman–Crippen LogP) is 3.55. The van der Waals surface area contributed by atoms with E-state index in [1.807, 2.05) is 0 Å². The van der Waals surface area contributed by atoms with Gasteiger partial charge in [0.05, 0.1) is 16.5 Å². The Morgan fingerprint density at radius 3 is 2.79 bits per heavy atom. The summed E-state index contributed by atoms with van der Waals surface area (Å²) in [7, 11) is 0. The van der Waals surface area contributed by atoms with E-state index in [4.69, 9.17) is 9.83 Å². The number of hydrazone groups is 1. The van der Waals surface area contributed by atoms with Crippen LogP contribution in [0.4, 0.5) is 0 Å². The predicted molar refractivity (Wildman–Crippen MR) is 113 cm³/mol. The second-order valence-electron chi connectivity index (χ2n) is 6.67. The molecule has 1 aromatic heterocycles. The van der Waals surface area contributed by atoms with Crippen LogP contribution < -0.4 is 5.43 Å². The van der Waals surface area contributed by atoms with Gasteiger partial charge in [-0.2, -0.15) is 15.1 Å². The maximum absolute atomic E-state index is 12.7. The van der Waals surface area contributed by atoms with Gasteiger partial charge in [-0.3, -0.25) is 15.0 Å². The average molecular weight is 410 g/mol. The summed E-state index contributed by atoms with van der Waals surface area (Å²) in [4.78, 5) is 29.3. The lowest BCUT2D eigenvalue weighted by atomic mass is 10.1. The Kier molecular flexibility index (Phi) is 4.83. The number of phenolic OH excluding ortho intramolecular Hbond substituents is 1. The number of hydrogen-bond donors (Lipinski definition) is 2. The number of carbonyl (C=O) groups is 1. The molecule has 0 saturated carbocycles. The number of rotatable bonds is 4. The van der Waals surface area contributed by atoms with E-state index < -0.39 is 5.91 Å². The van der Waals surface area contributed by atoms with Gasteiger partial charge in [0.2, 0.25) is 5.17 Å². The molecule has 0 bridgehead atoms. The highest BCUT2D eigenvalue weighted by atomic mass is 32.2. The fraction of sp³-hybridized carbons (Fsp3) is 0.250. The minimum absolute atomic E-state index is 0.0180. The van der Waals surface area contributed by atoms with Crippen LogP contribution in [0, 0.1) is 11.3 Å². The number of aliphatic imine (C=N–C) groups is 1. The van der Waals surface area contributed by atoms with Crippen LogP contribution in [-0.4, -0.2) is 32.1 Å². The average Bonchev–Trinajstić information content (AvgIpc) is 3.11. The van der Waals surface area contributed by atoms with E-state index in [-0.39, 0.29) is 45.0 Å². The Labute approximate surface area is 170 Å². The Bertz CT molecular complexity index is 1190. The lowest BCUT2D eigenvalue weighted by Crippen LogP contribution is -2.35. The van der Waals surface area contributed by atoms with Crippen molar-refractivity contribution in [2.45, 2.75) is 26.7 Å². The Hall–Kier alpha value is -3.20. The van der Waals surface area contributed by atoms with Gasteiger partial charge >= 0.3 is 0 Å². The van der Waals surface area contributed by atoms with Gasteiger partial charge in [-0.25, -0.2) is 0 Å². The molecule has 0 fully saturated rings. The number of hydrogen-bond acceptors (Lipinski definition) is 7. The molecule has 8 nitrogen and oxygen atoms in total. The van der Waals surface area contributed by atoms with Crippen LogP contribution in [0.2, 0.25) is 0 Å². The molecular weight excluding hydrogens is 392 g/mol. The second-order valence-corrected chi connectivity index (χ2v) is 7.66. The SMILES string of the molecule is CCC(CC)C1=NN2C(=N)C(=Cc3coc4cc(O)ccc4c3=O)C(=O)N=C2S1. The maximum atomic E-state index is 12.7. The summed E-state index contributed by atoms with van der Waals surface area (Å²) in [6, 6.07) is 4.18. The third-order valence-electron chi connectivity index (χ3n) is 4.89. The van der Waals surface area contributed by atoms with E-state index in [1.54, 1.807) is 0 Å². The number of phenols is 1. The molecule has 3 heterocycles. The van der Waals surface area contributed by atoms with Gasteiger partial charge in [-0.05, 0) is 42.8 Å². The first-order chi connectivity index (χ1) is 13.9. The molecule has 0 unspecified atom stereocenters. The highest BCUT2D eigenvalue weighted by Crippen LogP contribution is 2.32. The summed E-state index contributed by atoms with van der Waals surface area (Å²) in [5.74, 6) is -0.498. The minimum atomic E-state index is -0.597. The molecule has 2 aromatic rings. The molecule has 2 aliphatic rings. The first-order valence-corrected chi connectivity index (χ1v) is 9.99. The molecule has 0 aliphatic carbocycles. The van der Waals surface area contributed by atoms with Crippen molar-refractivity contribution < 1.29 is 14.3 Å². The Balaban J connectivity index is 1.74. The van der Waals surface area contributed by atoms with Crippen LogP contribution in [-0.2, 0) is 4.79 Å². The van der Waals surface area contributed by atoms with E-state index in [9.17, 15) is 14.7 Å². The number of nitrogens with zero attached hydrogens (tertiary/aromatic N) is 3. The summed E-state index contributed by atoms with van der Waals surface area (Å²) < 4.78 is 5.41. The van der Waals surface area contributed by atoms with Crippen LogP contribution in [0.5, 0.6) is 5.75 Å². The third kappa shape index (κ3) is 3.27. The second kappa shape index (κ2) is 7.32. The smallest absolute Gasteiger partial charge is 0.283 e. The standard InChI is InChI=1S/C20H18N4O4S/c1-3-10(4-2)19-23-24-17(21)14(18(27)22-20(24)29-19)7-11-9-28-15-8-12(25)5-6-13(15)16(11)26/h5-10,21,25H,3-4H2,1-2H3. The summed E-state index contributed by atoms with van der Waals surface area (Å²) >= 11 is 1.31. The van der Waals surface area contributed by atoms with Crippen LogP contribution in [0.3, 0.4) is 0 Å². The van der Waals surface area contributed by atoms with Crippen molar-refractivity contribution >= 4 is 50.8 Å². The third-order valence-corrected chi connectivity index (χ3v) is 5.96. The van der Waals surface area contributed by atoms with Crippen molar-refractivity contribution in [2.75, 3.05) is 0 Å². The van der Waals surface area contributed by atoms with E-state index >= 15 is 0 Å². The molecule has 0 saturated heterocycles. The fourth-order valence-electron chi connectivity index (χ4n) is 3.20. The van der Waals surface area contributed by atoms with E-state index in [0.717, 1.165) is 17.9 Å². The molecule has 9 heteroatoms. The van der Waals surface area contributed by atoms with Crippen molar-refractivity contribution in [3.05, 3.63) is 45.8 Å². The fourth-order valence-corrected chi connectivity index (χ4v) is 4.35. The zero-order valence-corrected chi connectivity index (χ0v) is 16.6. The molecule has 0 spiro atoms. The molecule has 0 atom stereocenters. The molecule has 2 N–H and O–H groups in total. The molecule has 4 rings (SSSR count). The van der Waals surface area contributed by atoms with Gasteiger partial charge < -0.3 is 9.52 Å². The number of amides is 1. The van der Waals surface area contributed by atoms with E-state index in [1.165, 1.54) is 47.3 Å². The molecule has 1 amide bonds. The zero-order chi connectivity index (χ0) is 20.7. The number of carbonyl (C=O) groups excluding carboxylic acids is 1. The van der Waals surface area contributed by atoms with Crippen LogP contribution in [0.1, 0.15) is 32.3 Å². The summed E-state index contributed by atoms with van der Waals surface area (Å²) in [6.45, 7) is 4.13. The molecule has 0 radical (unpaired) electrons. The van der Waals surface area contributed by atoms with E-state index in [2.05, 4.69) is 23.9 Å². The largest absolute Gasteiger partial charge is 0.508 e. The normalized spacial score (nSPS) is 17.9. The number of benzene rings is 1. The number of thioether (sulfide) groups is 1. The highest BCUT2D eigenvalue weighted by molar-refractivity contribution is 8.27. The lowest BCUT2D eigenvalue weighted by Gasteiger charge is -2.20. The zero-order valence-electron chi connectivity index (χ0n) is 15.8. The van der Waals surface area contributed by atoms with Crippen molar-refractivity contribution in [2.24, 2.45) is 16.0 Å². The number of aromatic hydroxyl groups is 1. The Morgan fingerprint density at radius 1 is 1.31 bits per heavy atom. The lowest BCUT2D eigenvalue weighted by molar-refractivity contribution is -0.114. The molecule has 2 aliphatic heterocycles. The van der Waals surface area contributed by atoms with Gasteiger partial charge in [0, 0.05) is 12.0 Å². The van der Waals surface area contributed by atoms with Gasteiger partial charge in [0.1, 0.15) is 22.6 Å². The van der Waals surface area contributed by atoms with Crippen LogP contribution in [0.15, 0.2) is 49.3 Å². The monoisotopic (exact) mass is 410 g/mol. The van der Waals surface area contributed by atoms with Crippen molar-refractivity contribution in [3.8, 4) is 5.75 Å². The van der Waals surface area contributed by atoms with Crippen molar-refractivity contribution in [3.63, 3.8) is 0 Å². The minimum Gasteiger partial charge on any atom is -0.508 e. The molecule has 29 heavy (non-hydrogen) atoms. The van der Waals surface area contributed by atoms with Gasteiger partial charge in [0.15, 0.2) is 11.3 Å². The Morgan fingerprint density at radius 2 is 2.07 bits per heavy atom. The molecule has 1 aromatic carbocycles.